The number of nitrogens with one attached hydrogen (secondary N) is 1. The van der Waals surface area contributed by atoms with Gasteiger partial charge in [-0.3, -0.25) is 0 Å². The van der Waals surface area contributed by atoms with Crippen molar-refractivity contribution in [2.45, 2.75) is 17.0 Å². The van der Waals surface area contributed by atoms with Crippen LogP contribution in [0.5, 0.6) is 0 Å². The summed E-state index contributed by atoms with van der Waals surface area (Å²) >= 11 is 0. The molecule has 0 saturated carbocycles. The molecule has 6 heteroatoms. The van der Waals surface area contributed by atoms with Crippen molar-refractivity contribution in [3.8, 4) is 0 Å². The standard InChI is InChI=1S/C24H22N2O2S.C6H6.Ru/c25-23(19-10-3-1-4-11-19)24(20-12-5-2-6-13-20)26-29(27,28)22-16-15-18-9-7-8-14-21(18)17-22;1-2-4-6-5-3-1;/h1-17,23-24,26H,25H2;1-6H;/t23-,24-;;/m0../s1. The second-order valence-electron chi connectivity index (χ2n) is 8.11. The second kappa shape index (κ2) is 13.2. The average molecular weight is 582 g/mol. The van der Waals surface area contributed by atoms with Crippen molar-refractivity contribution in [3.63, 3.8) is 0 Å². The first kappa shape index (κ1) is 27.4. The van der Waals surface area contributed by atoms with Crippen molar-refractivity contribution in [2.24, 2.45) is 5.73 Å². The van der Waals surface area contributed by atoms with Gasteiger partial charge in [0.25, 0.3) is 0 Å². The summed E-state index contributed by atoms with van der Waals surface area (Å²) in [6, 6.07) is 42.6. The predicted octanol–water partition coefficient (Wildman–Crippen LogP) is 6.24. The summed E-state index contributed by atoms with van der Waals surface area (Å²) < 4.78 is 29.3. The Hall–Kier alpha value is -3.15. The molecule has 2 atom stereocenters. The van der Waals surface area contributed by atoms with Gasteiger partial charge in [-0.05, 0) is 34.0 Å². The number of hydrogen-bond donors (Lipinski definition) is 2. The van der Waals surface area contributed by atoms with Crippen LogP contribution in [0.3, 0.4) is 0 Å². The quantitative estimate of drug-likeness (QED) is 0.233. The normalized spacial score (nSPS) is 12.5. The molecule has 0 aliphatic heterocycles. The first-order valence-corrected chi connectivity index (χ1v) is 12.9. The van der Waals surface area contributed by atoms with Gasteiger partial charge in [0.05, 0.1) is 17.0 Å². The van der Waals surface area contributed by atoms with Gasteiger partial charge in [0.15, 0.2) is 0 Å². The van der Waals surface area contributed by atoms with Gasteiger partial charge in [-0.15, -0.1) is 0 Å². The van der Waals surface area contributed by atoms with E-state index in [1.807, 2.05) is 127 Å². The zero-order valence-corrected chi connectivity index (χ0v) is 22.1. The van der Waals surface area contributed by atoms with Gasteiger partial charge < -0.3 is 5.73 Å². The summed E-state index contributed by atoms with van der Waals surface area (Å²) in [5.41, 5.74) is 8.20. The van der Waals surface area contributed by atoms with Crippen LogP contribution in [0.4, 0.5) is 0 Å². The van der Waals surface area contributed by atoms with Crippen LogP contribution in [0.1, 0.15) is 23.2 Å². The van der Waals surface area contributed by atoms with Crippen molar-refractivity contribution >= 4 is 20.8 Å². The predicted molar refractivity (Wildman–Crippen MR) is 143 cm³/mol. The van der Waals surface area contributed by atoms with E-state index in [-0.39, 0.29) is 24.4 Å². The van der Waals surface area contributed by atoms with E-state index in [1.165, 1.54) is 0 Å². The summed E-state index contributed by atoms with van der Waals surface area (Å²) in [4.78, 5) is 0.220. The van der Waals surface area contributed by atoms with Crippen LogP contribution < -0.4 is 10.5 Å². The minimum atomic E-state index is -3.78. The zero-order valence-electron chi connectivity index (χ0n) is 19.6. The molecule has 0 bridgehead atoms. The van der Waals surface area contributed by atoms with Gasteiger partial charge in [0.1, 0.15) is 0 Å². The number of benzene rings is 5. The van der Waals surface area contributed by atoms with E-state index in [1.54, 1.807) is 12.1 Å². The molecule has 0 saturated heterocycles. The molecular formula is C30H28N2O2RuS. The molecule has 0 spiro atoms. The van der Waals surface area contributed by atoms with Gasteiger partial charge >= 0.3 is 0 Å². The minimum Gasteiger partial charge on any atom is -0.322 e. The van der Waals surface area contributed by atoms with Gasteiger partial charge in [-0.1, -0.05) is 127 Å². The molecule has 36 heavy (non-hydrogen) atoms. The molecule has 0 amide bonds. The Labute approximate surface area is 226 Å². The molecular weight excluding hydrogens is 553 g/mol. The number of hydrogen-bond acceptors (Lipinski definition) is 3. The Balaban J connectivity index is 0.000000453. The number of rotatable bonds is 6. The molecule has 0 fully saturated rings. The van der Waals surface area contributed by atoms with Crippen molar-refractivity contribution < 1.29 is 27.9 Å². The van der Waals surface area contributed by atoms with Crippen LogP contribution in [-0.2, 0) is 29.5 Å². The van der Waals surface area contributed by atoms with Crippen molar-refractivity contribution in [3.05, 3.63) is 151 Å². The van der Waals surface area contributed by atoms with Crippen LogP contribution in [0.2, 0.25) is 0 Å². The molecule has 0 unspecified atom stereocenters. The maximum atomic E-state index is 13.2. The summed E-state index contributed by atoms with van der Waals surface area (Å²) in [6.45, 7) is 0. The number of sulfonamides is 1. The Morgan fingerprint density at radius 1 is 0.556 bits per heavy atom. The molecule has 0 aromatic heterocycles. The van der Waals surface area contributed by atoms with Crippen molar-refractivity contribution in [1.29, 1.82) is 0 Å². The molecule has 0 aliphatic rings. The smallest absolute Gasteiger partial charge is 0.241 e. The minimum absolute atomic E-state index is 0. The Morgan fingerprint density at radius 2 is 1.00 bits per heavy atom. The molecule has 184 valence electrons. The third-order valence-electron chi connectivity index (χ3n) is 5.68. The largest absolute Gasteiger partial charge is 0.322 e. The molecule has 5 aromatic rings. The summed E-state index contributed by atoms with van der Waals surface area (Å²) in [5, 5.41) is 1.87. The van der Waals surface area contributed by atoms with E-state index in [0.29, 0.717) is 0 Å². The maximum absolute atomic E-state index is 13.2. The van der Waals surface area contributed by atoms with Gasteiger partial charge in [0, 0.05) is 19.5 Å². The Kier molecular flexibility index (Phi) is 10.1. The van der Waals surface area contributed by atoms with E-state index < -0.39 is 22.1 Å². The summed E-state index contributed by atoms with van der Waals surface area (Å²) in [5.74, 6) is 0. The summed E-state index contributed by atoms with van der Waals surface area (Å²) in [7, 11) is -3.78. The number of nitrogens with two attached hydrogens (primary N) is 1. The fourth-order valence-corrected chi connectivity index (χ4v) is 5.11. The van der Waals surface area contributed by atoms with Gasteiger partial charge in [-0.25, -0.2) is 13.1 Å². The molecule has 0 aliphatic carbocycles. The van der Waals surface area contributed by atoms with Crippen LogP contribution in [0.15, 0.2) is 144 Å². The monoisotopic (exact) mass is 582 g/mol. The molecule has 3 N–H and O–H groups in total. The van der Waals surface area contributed by atoms with Crippen molar-refractivity contribution in [1.82, 2.24) is 4.72 Å². The molecule has 5 rings (SSSR count). The van der Waals surface area contributed by atoms with E-state index >= 15 is 0 Å². The van der Waals surface area contributed by atoms with Crippen LogP contribution in [0, 0.1) is 0 Å². The number of fused-ring (bicyclic) bond motifs is 1. The first-order chi connectivity index (χ1) is 17.0. The molecule has 5 aromatic carbocycles. The Morgan fingerprint density at radius 3 is 1.56 bits per heavy atom. The summed E-state index contributed by atoms with van der Waals surface area (Å²) in [6.07, 6.45) is 0. The second-order valence-corrected chi connectivity index (χ2v) is 9.82. The zero-order chi connectivity index (χ0) is 24.5. The third kappa shape index (κ3) is 7.19. The first-order valence-electron chi connectivity index (χ1n) is 11.4. The Bertz CT molecular complexity index is 1420. The fourth-order valence-electron chi connectivity index (χ4n) is 3.83. The van der Waals surface area contributed by atoms with Gasteiger partial charge in [0.2, 0.25) is 10.0 Å². The average Bonchev–Trinajstić information content (AvgIpc) is 2.93. The fraction of sp³-hybridized carbons (Fsp3) is 0.0667. The molecule has 0 radical (unpaired) electrons. The van der Waals surface area contributed by atoms with Gasteiger partial charge in [-0.2, -0.15) is 0 Å². The topological polar surface area (TPSA) is 72.2 Å². The van der Waals surface area contributed by atoms with Crippen LogP contribution in [-0.4, -0.2) is 8.42 Å². The van der Waals surface area contributed by atoms with E-state index in [0.717, 1.165) is 21.9 Å². The van der Waals surface area contributed by atoms with Crippen LogP contribution >= 0.6 is 0 Å². The van der Waals surface area contributed by atoms with E-state index in [9.17, 15) is 8.42 Å². The van der Waals surface area contributed by atoms with E-state index in [2.05, 4.69) is 4.72 Å². The van der Waals surface area contributed by atoms with Crippen molar-refractivity contribution in [2.75, 3.05) is 0 Å². The SMILES string of the molecule is N[C@@H](c1ccccc1)[C@@H](NS(=O)(=O)c1ccc2ccccc2c1)c1ccccc1.[Ru].c1ccccc1. The van der Waals surface area contributed by atoms with E-state index in [4.69, 9.17) is 5.73 Å². The van der Waals surface area contributed by atoms with Crippen LogP contribution in [0.25, 0.3) is 10.8 Å². The maximum Gasteiger partial charge on any atom is 0.241 e. The molecule has 0 heterocycles. The molecule has 4 nitrogen and oxygen atoms in total. The third-order valence-corrected chi connectivity index (χ3v) is 7.12.